The van der Waals surface area contributed by atoms with E-state index in [2.05, 4.69) is 17.9 Å². The minimum atomic E-state index is -0.180. The Bertz CT molecular complexity index is 391. The molecule has 1 amide bonds. The molecule has 0 aromatic heterocycles. The zero-order valence-corrected chi connectivity index (χ0v) is 10.5. The second-order valence-electron chi connectivity index (χ2n) is 4.59. The van der Waals surface area contributed by atoms with E-state index in [9.17, 15) is 9.90 Å². The van der Waals surface area contributed by atoms with Crippen LogP contribution in [0.5, 0.6) is 0 Å². The van der Waals surface area contributed by atoms with Gasteiger partial charge in [0, 0.05) is 17.0 Å². The first-order valence-corrected chi connectivity index (χ1v) is 6.35. The highest BCUT2D eigenvalue weighted by molar-refractivity contribution is 7.80. The summed E-state index contributed by atoms with van der Waals surface area (Å²) in [6.07, 6.45) is 2.47. The Labute approximate surface area is 107 Å². The van der Waals surface area contributed by atoms with Crippen LogP contribution in [0.1, 0.15) is 29.6 Å². The average Bonchev–Trinajstić information content (AvgIpc) is 2.73. The van der Waals surface area contributed by atoms with Crippen molar-refractivity contribution in [1.29, 1.82) is 0 Å². The molecule has 0 bridgehead atoms. The third kappa shape index (κ3) is 3.48. The molecule has 1 fully saturated rings. The molecule has 1 aliphatic rings. The molecule has 1 aliphatic carbocycles. The normalized spacial score (nSPS) is 23.6. The number of aliphatic hydroxyl groups excluding tert-OH is 1. The van der Waals surface area contributed by atoms with Crippen LogP contribution in [0.15, 0.2) is 29.2 Å². The first kappa shape index (κ1) is 12.5. The summed E-state index contributed by atoms with van der Waals surface area (Å²) in [6, 6.07) is 7.14. The molecule has 1 aromatic carbocycles. The van der Waals surface area contributed by atoms with Gasteiger partial charge in [0.2, 0.25) is 0 Å². The van der Waals surface area contributed by atoms with Crippen LogP contribution < -0.4 is 5.32 Å². The minimum absolute atomic E-state index is 0.0558. The Balaban J connectivity index is 1.83. The van der Waals surface area contributed by atoms with Gasteiger partial charge in [-0.2, -0.15) is 0 Å². The van der Waals surface area contributed by atoms with Gasteiger partial charge in [0.25, 0.3) is 5.91 Å². The number of rotatable bonds is 3. The molecule has 0 spiro atoms. The third-order valence-electron chi connectivity index (χ3n) is 3.19. The Morgan fingerprint density at radius 3 is 2.65 bits per heavy atom. The summed E-state index contributed by atoms with van der Waals surface area (Å²) in [5, 5.41) is 12.3. The molecular weight excluding hydrogens is 234 g/mol. The van der Waals surface area contributed by atoms with E-state index >= 15 is 0 Å². The van der Waals surface area contributed by atoms with Gasteiger partial charge in [-0.1, -0.05) is 0 Å². The van der Waals surface area contributed by atoms with Gasteiger partial charge in [-0.15, -0.1) is 12.6 Å². The number of thiol groups is 1. The fourth-order valence-electron chi connectivity index (χ4n) is 2.19. The summed E-state index contributed by atoms with van der Waals surface area (Å²) in [7, 11) is 0. The van der Waals surface area contributed by atoms with Crippen LogP contribution >= 0.6 is 12.6 Å². The molecule has 1 aromatic rings. The average molecular weight is 251 g/mol. The van der Waals surface area contributed by atoms with Gasteiger partial charge in [0.1, 0.15) is 0 Å². The second kappa shape index (κ2) is 5.56. The lowest BCUT2D eigenvalue weighted by Gasteiger charge is -2.10. The topological polar surface area (TPSA) is 49.3 Å². The van der Waals surface area contributed by atoms with Crippen molar-refractivity contribution in [3.63, 3.8) is 0 Å². The Hall–Kier alpha value is -1.00. The number of benzene rings is 1. The fourth-order valence-corrected chi connectivity index (χ4v) is 2.33. The lowest BCUT2D eigenvalue weighted by molar-refractivity contribution is 0.0945. The van der Waals surface area contributed by atoms with Crippen LogP contribution in [-0.4, -0.2) is 23.7 Å². The van der Waals surface area contributed by atoms with Crippen molar-refractivity contribution >= 4 is 18.5 Å². The Morgan fingerprint density at radius 1 is 1.35 bits per heavy atom. The van der Waals surface area contributed by atoms with E-state index < -0.39 is 0 Å². The fraction of sp³-hybridized carbons (Fsp3) is 0.462. The summed E-state index contributed by atoms with van der Waals surface area (Å²) in [5.74, 6) is 0.359. The number of hydrogen-bond acceptors (Lipinski definition) is 3. The number of nitrogens with one attached hydrogen (secondary N) is 1. The van der Waals surface area contributed by atoms with Crippen LogP contribution in [0.2, 0.25) is 0 Å². The van der Waals surface area contributed by atoms with Crippen LogP contribution in [-0.2, 0) is 0 Å². The quantitative estimate of drug-likeness (QED) is 0.718. The molecule has 2 rings (SSSR count). The summed E-state index contributed by atoms with van der Waals surface area (Å²) in [6.45, 7) is 0.651. The minimum Gasteiger partial charge on any atom is -0.393 e. The molecule has 2 unspecified atom stereocenters. The van der Waals surface area contributed by atoms with Gasteiger partial charge in [-0.3, -0.25) is 4.79 Å². The highest BCUT2D eigenvalue weighted by atomic mass is 32.1. The van der Waals surface area contributed by atoms with Crippen molar-refractivity contribution in [2.75, 3.05) is 6.54 Å². The van der Waals surface area contributed by atoms with Gasteiger partial charge in [0.15, 0.2) is 0 Å². The number of aliphatic hydroxyl groups is 1. The van der Waals surface area contributed by atoms with Crippen molar-refractivity contribution < 1.29 is 9.90 Å². The van der Waals surface area contributed by atoms with Gasteiger partial charge >= 0.3 is 0 Å². The van der Waals surface area contributed by atoms with E-state index in [-0.39, 0.29) is 12.0 Å². The summed E-state index contributed by atoms with van der Waals surface area (Å²) in [4.78, 5) is 12.6. The molecule has 17 heavy (non-hydrogen) atoms. The largest absolute Gasteiger partial charge is 0.393 e. The summed E-state index contributed by atoms with van der Waals surface area (Å²) < 4.78 is 0. The van der Waals surface area contributed by atoms with Crippen molar-refractivity contribution in [3.8, 4) is 0 Å². The van der Waals surface area contributed by atoms with Crippen molar-refractivity contribution in [3.05, 3.63) is 29.8 Å². The van der Waals surface area contributed by atoms with Crippen molar-refractivity contribution in [2.24, 2.45) is 5.92 Å². The number of amides is 1. The molecule has 3 nitrogen and oxygen atoms in total. The Morgan fingerprint density at radius 2 is 2.06 bits per heavy atom. The highest BCUT2D eigenvalue weighted by Crippen LogP contribution is 2.24. The van der Waals surface area contributed by atoms with E-state index in [1.165, 1.54) is 0 Å². The van der Waals surface area contributed by atoms with Crippen LogP contribution in [0.25, 0.3) is 0 Å². The Kier molecular flexibility index (Phi) is 4.07. The smallest absolute Gasteiger partial charge is 0.251 e. The first-order valence-electron chi connectivity index (χ1n) is 5.90. The van der Waals surface area contributed by atoms with E-state index in [0.29, 0.717) is 18.0 Å². The standard InChI is InChI=1S/C13H17NO2S/c15-11-4-1-9(7-11)8-14-13(16)10-2-5-12(17)6-3-10/h2-3,5-6,9,11,15,17H,1,4,7-8H2,(H,14,16). The van der Waals surface area contributed by atoms with E-state index in [1.807, 2.05) is 0 Å². The molecule has 1 saturated carbocycles. The highest BCUT2D eigenvalue weighted by Gasteiger charge is 2.22. The number of carbonyl (C=O) groups is 1. The molecular formula is C13H17NO2S. The molecule has 4 heteroatoms. The third-order valence-corrected chi connectivity index (χ3v) is 3.49. The van der Waals surface area contributed by atoms with Gasteiger partial charge < -0.3 is 10.4 Å². The first-order chi connectivity index (χ1) is 8.15. The lowest BCUT2D eigenvalue weighted by Crippen LogP contribution is -2.28. The maximum absolute atomic E-state index is 11.8. The summed E-state index contributed by atoms with van der Waals surface area (Å²) in [5.41, 5.74) is 0.654. The monoisotopic (exact) mass is 251 g/mol. The number of hydrogen-bond donors (Lipinski definition) is 3. The number of carbonyl (C=O) groups excluding carboxylic acids is 1. The zero-order valence-electron chi connectivity index (χ0n) is 9.60. The molecule has 2 N–H and O–H groups in total. The van der Waals surface area contributed by atoms with Crippen LogP contribution in [0.4, 0.5) is 0 Å². The molecule has 0 heterocycles. The van der Waals surface area contributed by atoms with E-state index in [0.717, 1.165) is 24.2 Å². The maximum Gasteiger partial charge on any atom is 0.251 e. The van der Waals surface area contributed by atoms with Crippen LogP contribution in [0, 0.1) is 5.92 Å². The molecule has 0 aliphatic heterocycles. The maximum atomic E-state index is 11.8. The SMILES string of the molecule is O=C(NCC1CCC(O)C1)c1ccc(S)cc1. The van der Waals surface area contributed by atoms with Crippen molar-refractivity contribution in [1.82, 2.24) is 5.32 Å². The molecule has 92 valence electrons. The second-order valence-corrected chi connectivity index (χ2v) is 5.11. The zero-order chi connectivity index (χ0) is 12.3. The van der Waals surface area contributed by atoms with Gasteiger partial charge in [-0.05, 0) is 49.4 Å². The van der Waals surface area contributed by atoms with Gasteiger partial charge in [0.05, 0.1) is 6.10 Å². The van der Waals surface area contributed by atoms with E-state index in [1.54, 1.807) is 24.3 Å². The van der Waals surface area contributed by atoms with Gasteiger partial charge in [-0.25, -0.2) is 0 Å². The predicted octanol–water partition coefficient (Wildman–Crippen LogP) is 1.87. The van der Waals surface area contributed by atoms with E-state index in [4.69, 9.17) is 0 Å². The molecule has 0 radical (unpaired) electrons. The lowest BCUT2D eigenvalue weighted by atomic mass is 10.1. The molecule has 0 saturated heterocycles. The predicted molar refractivity (Wildman–Crippen MR) is 69.4 cm³/mol. The molecule has 2 atom stereocenters. The van der Waals surface area contributed by atoms with Crippen LogP contribution in [0.3, 0.4) is 0 Å². The summed E-state index contributed by atoms with van der Waals surface area (Å²) >= 11 is 4.17. The van der Waals surface area contributed by atoms with Crippen molar-refractivity contribution in [2.45, 2.75) is 30.3 Å².